The van der Waals surface area contributed by atoms with E-state index in [0.29, 0.717) is 5.56 Å². The molecule has 0 fully saturated rings. The molecule has 124 valence electrons. The molecule has 0 aliphatic heterocycles. The number of hydrogen-bond acceptors (Lipinski definition) is 6. The van der Waals surface area contributed by atoms with Crippen LogP contribution in [0.2, 0.25) is 0 Å². The molecule has 7 heteroatoms. The van der Waals surface area contributed by atoms with Gasteiger partial charge in [-0.3, -0.25) is 10.2 Å². The largest absolute Gasteiger partial charge is 0.503 e. The molecular formula is C15H24N2O5. The topological polar surface area (TPSA) is 103 Å². The summed E-state index contributed by atoms with van der Waals surface area (Å²) >= 11 is 0. The quantitative estimate of drug-likeness (QED) is 0.583. The normalized spacial score (nSPS) is 12.0. The van der Waals surface area contributed by atoms with E-state index in [-0.39, 0.29) is 17.2 Å². The standard InChI is InChI=1S/C15H24N2O5/c1-14(2,3)21-13(19)17-10-7-9(15(4,5)22-16)8-11(20-6)12(10)18/h7-8,18H,16H2,1-6H3,(H,17,19). The second kappa shape index (κ2) is 6.41. The van der Waals surface area contributed by atoms with Crippen LogP contribution >= 0.6 is 0 Å². The first-order chi connectivity index (χ1) is 10.00. The van der Waals surface area contributed by atoms with Gasteiger partial charge in [0.15, 0.2) is 11.5 Å². The molecule has 1 amide bonds. The Kier molecular flexibility index (Phi) is 5.26. The van der Waals surface area contributed by atoms with Gasteiger partial charge in [-0.2, -0.15) is 0 Å². The summed E-state index contributed by atoms with van der Waals surface area (Å²) in [5.74, 6) is 5.27. The van der Waals surface area contributed by atoms with E-state index in [1.54, 1.807) is 46.8 Å². The summed E-state index contributed by atoms with van der Waals surface area (Å²) in [6, 6.07) is 3.14. The van der Waals surface area contributed by atoms with Crippen LogP contribution in [0.3, 0.4) is 0 Å². The van der Waals surface area contributed by atoms with E-state index in [2.05, 4.69) is 5.32 Å². The maximum atomic E-state index is 11.9. The summed E-state index contributed by atoms with van der Waals surface area (Å²) < 4.78 is 10.3. The SMILES string of the molecule is COc1cc(C(C)(C)ON)cc(NC(=O)OC(C)(C)C)c1O. The van der Waals surface area contributed by atoms with Gasteiger partial charge < -0.3 is 14.6 Å². The first-order valence-electron chi connectivity index (χ1n) is 6.79. The highest BCUT2D eigenvalue weighted by Crippen LogP contribution is 2.39. The Morgan fingerprint density at radius 3 is 2.27 bits per heavy atom. The summed E-state index contributed by atoms with van der Waals surface area (Å²) in [7, 11) is 1.41. The number of anilines is 1. The molecule has 0 aliphatic rings. The Balaban J connectivity index is 3.18. The van der Waals surface area contributed by atoms with Gasteiger partial charge in [0.2, 0.25) is 0 Å². The van der Waals surface area contributed by atoms with Gasteiger partial charge in [-0.25, -0.2) is 10.7 Å². The van der Waals surface area contributed by atoms with Crippen molar-refractivity contribution in [1.29, 1.82) is 0 Å². The number of rotatable bonds is 4. The molecule has 0 bridgehead atoms. The average molecular weight is 312 g/mol. The van der Waals surface area contributed by atoms with Crippen LogP contribution < -0.4 is 16.0 Å². The number of phenols is 1. The molecule has 1 aromatic rings. The van der Waals surface area contributed by atoms with E-state index in [1.807, 2.05) is 0 Å². The lowest BCUT2D eigenvalue weighted by atomic mass is 9.97. The van der Waals surface area contributed by atoms with Crippen molar-refractivity contribution in [3.8, 4) is 11.5 Å². The van der Waals surface area contributed by atoms with Crippen molar-refractivity contribution >= 4 is 11.8 Å². The van der Waals surface area contributed by atoms with Crippen LogP contribution in [-0.4, -0.2) is 23.9 Å². The second-order valence-corrected chi connectivity index (χ2v) is 6.33. The summed E-state index contributed by atoms with van der Waals surface area (Å²) in [6.45, 7) is 8.73. The van der Waals surface area contributed by atoms with Crippen LogP contribution in [0.25, 0.3) is 0 Å². The maximum Gasteiger partial charge on any atom is 0.412 e. The lowest BCUT2D eigenvalue weighted by molar-refractivity contribution is -0.0237. The van der Waals surface area contributed by atoms with E-state index < -0.39 is 17.3 Å². The van der Waals surface area contributed by atoms with Crippen LogP contribution in [0.1, 0.15) is 40.2 Å². The molecule has 0 spiro atoms. The first-order valence-corrected chi connectivity index (χ1v) is 6.79. The minimum Gasteiger partial charge on any atom is -0.503 e. The monoisotopic (exact) mass is 312 g/mol. The van der Waals surface area contributed by atoms with Gasteiger partial charge in [-0.05, 0) is 52.3 Å². The van der Waals surface area contributed by atoms with E-state index in [1.165, 1.54) is 7.11 Å². The fourth-order valence-electron chi connectivity index (χ4n) is 1.69. The molecule has 7 nitrogen and oxygen atoms in total. The Labute approximate surface area is 130 Å². The zero-order valence-electron chi connectivity index (χ0n) is 13.8. The molecule has 0 radical (unpaired) electrons. The molecule has 1 aromatic carbocycles. The number of aromatic hydroxyl groups is 1. The molecule has 4 N–H and O–H groups in total. The lowest BCUT2D eigenvalue weighted by Gasteiger charge is -2.25. The van der Waals surface area contributed by atoms with Gasteiger partial charge in [-0.15, -0.1) is 0 Å². The zero-order chi connectivity index (χ0) is 17.1. The number of hydrogen-bond donors (Lipinski definition) is 3. The Bertz CT molecular complexity index is 550. The number of carbonyl (C=O) groups is 1. The van der Waals surface area contributed by atoms with Crippen molar-refractivity contribution in [2.75, 3.05) is 12.4 Å². The number of methoxy groups -OCH3 is 1. The van der Waals surface area contributed by atoms with Gasteiger partial charge >= 0.3 is 6.09 Å². The predicted octanol–water partition coefficient (Wildman–Crippen LogP) is 2.87. The fraction of sp³-hybridized carbons (Fsp3) is 0.533. The van der Waals surface area contributed by atoms with Crippen LogP contribution in [-0.2, 0) is 15.2 Å². The maximum absolute atomic E-state index is 11.9. The van der Waals surface area contributed by atoms with E-state index in [9.17, 15) is 9.90 Å². The minimum atomic E-state index is -0.828. The Morgan fingerprint density at radius 1 is 1.23 bits per heavy atom. The number of carbonyl (C=O) groups excluding carboxylic acids is 1. The molecule has 0 aromatic heterocycles. The highest BCUT2D eigenvalue weighted by atomic mass is 16.6. The third-order valence-electron chi connectivity index (χ3n) is 2.92. The Morgan fingerprint density at radius 2 is 1.82 bits per heavy atom. The smallest absolute Gasteiger partial charge is 0.412 e. The van der Waals surface area contributed by atoms with E-state index in [4.69, 9.17) is 20.2 Å². The van der Waals surface area contributed by atoms with Gasteiger partial charge in [0.25, 0.3) is 0 Å². The van der Waals surface area contributed by atoms with Crippen molar-refractivity contribution in [2.45, 2.75) is 45.8 Å². The Hall–Kier alpha value is -1.99. The van der Waals surface area contributed by atoms with Crippen molar-refractivity contribution < 1.29 is 24.2 Å². The molecule has 0 heterocycles. The highest BCUT2D eigenvalue weighted by molar-refractivity contribution is 5.88. The summed E-state index contributed by atoms with van der Waals surface area (Å²) in [5, 5.41) is 12.6. The van der Waals surface area contributed by atoms with E-state index >= 15 is 0 Å². The van der Waals surface area contributed by atoms with Gasteiger partial charge in [0.05, 0.1) is 12.8 Å². The summed E-state index contributed by atoms with van der Waals surface area (Å²) in [5.41, 5.74) is -0.712. The highest BCUT2D eigenvalue weighted by Gasteiger charge is 2.25. The molecule has 0 saturated carbocycles. The van der Waals surface area contributed by atoms with Gasteiger partial charge in [-0.1, -0.05) is 0 Å². The van der Waals surface area contributed by atoms with Crippen molar-refractivity contribution in [3.05, 3.63) is 17.7 Å². The fourth-order valence-corrected chi connectivity index (χ4v) is 1.69. The van der Waals surface area contributed by atoms with E-state index in [0.717, 1.165) is 0 Å². The minimum absolute atomic E-state index is 0.147. The number of phenolic OH excluding ortho intramolecular Hbond substituents is 1. The number of nitrogens with one attached hydrogen (secondary N) is 1. The van der Waals surface area contributed by atoms with Crippen molar-refractivity contribution in [3.63, 3.8) is 0 Å². The molecular weight excluding hydrogens is 288 g/mol. The van der Waals surface area contributed by atoms with Gasteiger partial charge in [0, 0.05) is 0 Å². The summed E-state index contributed by atoms with van der Waals surface area (Å²) in [6.07, 6.45) is -0.687. The molecule has 1 rings (SSSR count). The third kappa shape index (κ3) is 4.51. The average Bonchev–Trinajstić information content (AvgIpc) is 2.38. The van der Waals surface area contributed by atoms with Crippen molar-refractivity contribution in [1.82, 2.24) is 0 Å². The number of nitrogens with two attached hydrogens (primary N) is 1. The van der Waals surface area contributed by atoms with Crippen LogP contribution in [0.5, 0.6) is 11.5 Å². The zero-order valence-corrected chi connectivity index (χ0v) is 13.8. The van der Waals surface area contributed by atoms with Crippen LogP contribution in [0.4, 0.5) is 10.5 Å². The van der Waals surface area contributed by atoms with Crippen LogP contribution in [0, 0.1) is 0 Å². The number of ether oxygens (including phenoxy) is 2. The molecule has 0 saturated heterocycles. The molecule has 0 aliphatic carbocycles. The number of amides is 1. The van der Waals surface area contributed by atoms with Crippen molar-refractivity contribution in [2.24, 2.45) is 5.90 Å². The molecule has 22 heavy (non-hydrogen) atoms. The predicted molar refractivity (Wildman–Crippen MR) is 82.8 cm³/mol. The van der Waals surface area contributed by atoms with Crippen LogP contribution in [0.15, 0.2) is 12.1 Å². The molecule has 0 atom stereocenters. The number of benzene rings is 1. The summed E-state index contributed by atoms with van der Waals surface area (Å²) in [4.78, 5) is 16.8. The molecule has 0 unspecified atom stereocenters. The van der Waals surface area contributed by atoms with Gasteiger partial charge in [0.1, 0.15) is 11.2 Å². The third-order valence-corrected chi connectivity index (χ3v) is 2.92. The second-order valence-electron chi connectivity index (χ2n) is 6.33. The first kappa shape index (κ1) is 18.1. The lowest BCUT2D eigenvalue weighted by Crippen LogP contribution is -2.28.